The zero-order chi connectivity index (χ0) is 13.0. The molecule has 1 aromatic carbocycles. The summed E-state index contributed by atoms with van der Waals surface area (Å²) in [6.07, 6.45) is 1.18. The summed E-state index contributed by atoms with van der Waals surface area (Å²) in [4.78, 5) is 1.72. The molecule has 0 heterocycles. The zero-order valence-corrected chi connectivity index (χ0v) is 10.5. The number of nitrogens with two attached hydrogens (primary N) is 1. The molecule has 100 valence electrons. The van der Waals surface area contributed by atoms with Crippen molar-refractivity contribution in [2.75, 3.05) is 19.6 Å². The van der Waals surface area contributed by atoms with E-state index in [9.17, 15) is 8.78 Å². The van der Waals surface area contributed by atoms with Gasteiger partial charge in [-0.3, -0.25) is 4.90 Å². The highest BCUT2D eigenvalue weighted by molar-refractivity contribution is 5.35. The van der Waals surface area contributed by atoms with Crippen molar-refractivity contribution in [3.63, 3.8) is 0 Å². The predicted molar refractivity (Wildman–Crippen MR) is 68.8 cm³/mol. The Bertz CT molecular complexity index is 393. The molecule has 1 aliphatic carbocycles. The fourth-order valence-corrected chi connectivity index (χ4v) is 2.59. The van der Waals surface area contributed by atoms with Crippen molar-refractivity contribution < 1.29 is 8.78 Å². The molecule has 0 unspecified atom stereocenters. The van der Waals surface area contributed by atoms with Crippen LogP contribution >= 0.6 is 0 Å². The van der Waals surface area contributed by atoms with Crippen molar-refractivity contribution in [3.05, 3.63) is 34.9 Å². The van der Waals surface area contributed by atoms with Gasteiger partial charge in [0.1, 0.15) is 0 Å². The van der Waals surface area contributed by atoms with Gasteiger partial charge in [0.2, 0.25) is 0 Å². The van der Waals surface area contributed by atoms with E-state index in [1.807, 2.05) is 0 Å². The number of alkyl halides is 2. The highest BCUT2D eigenvalue weighted by atomic mass is 19.3. The molecule has 0 aromatic heterocycles. The molecule has 18 heavy (non-hydrogen) atoms. The quantitative estimate of drug-likeness (QED) is 0.843. The van der Waals surface area contributed by atoms with Crippen LogP contribution in [0.2, 0.25) is 0 Å². The van der Waals surface area contributed by atoms with E-state index in [0.717, 1.165) is 18.4 Å². The van der Waals surface area contributed by atoms with Gasteiger partial charge in [0.25, 0.3) is 6.43 Å². The molecule has 0 spiro atoms. The third-order valence-electron chi connectivity index (χ3n) is 3.41. The van der Waals surface area contributed by atoms with Crippen LogP contribution in [0.3, 0.4) is 0 Å². The van der Waals surface area contributed by atoms with E-state index >= 15 is 0 Å². The Morgan fingerprint density at radius 2 is 2.00 bits per heavy atom. The van der Waals surface area contributed by atoms with Gasteiger partial charge in [0.15, 0.2) is 0 Å². The summed E-state index contributed by atoms with van der Waals surface area (Å²) in [6, 6.07) is 6.36. The molecule has 0 amide bonds. The third kappa shape index (κ3) is 3.50. The van der Waals surface area contributed by atoms with E-state index in [0.29, 0.717) is 19.6 Å². The van der Waals surface area contributed by atoms with Gasteiger partial charge >= 0.3 is 0 Å². The summed E-state index contributed by atoms with van der Waals surface area (Å²) < 4.78 is 24.9. The molecule has 2 rings (SSSR count). The van der Waals surface area contributed by atoms with E-state index in [4.69, 9.17) is 5.73 Å². The largest absolute Gasteiger partial charge is 0.329 e. The Morgan fingerprint density at radius 3 is 2.72 bits per heavy atom. The molecule has 0 bridgehead atoms. The monoisotopic (exact) mass is 254 g/mol. The molecule has 2 nitrogen and oxygen atoms in total. The van der Waals surface area contributed by atoms with Gasteiger partial charge < -0.3 is 5.73 Å². The van der Waals surface area contributed by atoms with Gasteiger partial charge in [-0.05, 0) is 36.0 Å². The number of hydrogen-bond acceptors (Lipinski definition) is 2. The lowest BCUT2D eigenvalue weighted by atomic mass is 10.1. The molecule has 0 saturated heterocycles. The first-order valence-corrected chi connectivity index (χ1v) is 6.50. The summed E-state index contributed by atoms with van der Waals surface area (Å²) in [6.45, 7) is 1.29. The molecule has 0 aliphatic heterocycles. The molecule has 0 fully saturated rings. The maximum Gasteiger partial charge on any atom is 0.251 e. The molecule has 2 N–H and O–H groups in total. The average Bonchev–Trinajstić information content (AvgIpc) is 2.75. The number of nitrogens with zero attached hydrogens (tertiary/aromatic N) is 1. The summed E-state index contributed by atoms with van der Waals surface area (Å²) in [5, 5.41) is 0. The molecular weight excluding hydrogens is 234 g/mol. The summed E-state index contributed by atoms with van der Waals surface area (Å²) in [5.41, 5.74) is 9.38. The Balaban J connectivity index is 2.01. The fourth-order valence-electron chi connectivity index (χ4n) is 2.59. The lowest BCUT2D eigenvalue weighted by Gasteiger charge is -2.21. The van der Waals surface area contributed by atoms with Crippen LogP contribution in [0.15, 0.2) is 18.2 Å². The first-order chi connectivity index (χ1) is 8.69. The van der Waals surface area contributed by atoms with E-state index in [-0.39, 0.29) is 6.54 Å². The molecule has 4 heteroatoms. The van der Waals surface area contributed by atoms with Crippen LogP contribution in [-0.2, 0) is 19.4 Å². The van der Waals surface area contributed by atoms with Crippen LogP contribution < -0.4 is 5.73 Å². The second kappa shape index (κ2) is 6.25. The van der Waals surface area contributed by atoms with Gasteiger partial charge in [-0.2, -0.15) is 0 Å². The van der Waals surface area contributed by atoms with Gasteiger partial charge in [0.05, 0.1) is 6.54 Å². The Hall–Kier alpha value is -1.00. The third-order valence-corrected chi connectivity index (χ3v) is 3.41. The van der Waals surface area contributed by atoms with Crippen LogP contribution in [0.25, 0.3) is 0 Å². The Morgan fingerprint density at radius 1 is 1.22 bits per heavy atom. The topological polar surface area (TPSA) is 29.3 Å². The first kappa shape index (κ1) is 13.4. The van der Waals surface area contributed by atoms with E-state index in [2.05, 4.69) is 18.2 Å². The lowest BCUT2D eigenvalue weighted by Crippen LogP contribution is -2.33. The van der Waals surface area contributed by atoms with Crippen molar-refractivity contribution in [2.24, 2.45) is 5.73 Å². The van der Waals surface area contributed by atoms with Crippen LogP contribution in [0.4, 0.5) is 8.78 Å². The minimum atomic E-state index is -2.30. The summed E-state index contributed by atoms with van der Waals surface area (Å²) in [7, 11) is 0. The highest BCUT2D eigenvalue weighted by Crippen LogP contribution is 2.23. The van der Waals surface area contributed by atoms with Crippen molar-refractivity contribution in [2.45, 2.75) is 32.2 Å². The normalized spacial score (nSPS) is 14.5. The van der Waals surface area contributed by atoms with E-state index in [1.165, 1.54) is 17.5 Å². The number of rotatable bonds is 6. The summed E-state index contributed by atoms with van der Waals surface area (Å²) >= 11 is 0. The maximum atomic E-state index is 12.4. The van der Waals surface area contributed by atoms with Gasteiger partial charge in [0, 0.05) is 19.6 Å². The number of halogens is 2. The Labute approximate surface area is 107 Å². The first-order valence-electron chi connectivity index (χ1n) is 6.50. The van der Waals surface area contributed by atoms with Crippen LogP contribution in [0.5, 0.6) is 0 Å². The minimum Gasteiger partial charge on any atom is -0.329 e. The second-order valence-corrected chi connectivity index (χ2v) is 4.87. The maximum absolute atomic E-state index is 12.4. The second-order valence-electron chi connectivity index (χ2n) is 4.87. The van der Waals surface area contributed by atoms with Crippen molar-refractivity contribution in [1.82, 2.24) is 4.90 Å². The molecular formula is C14H20F2N2. The van der Waals surface area contributed by atoms with Crippen LogP contribution in [0, 0.1) is 0 Å². The van der Waals surface area contributed by atoms with E-state index in [1.54, 1.807) is 4.90 Å². The molecule has 1 aliphatic rings. The molecule has 0 atom stereocenters. The zero-order valence-electron chi connectivity index (χ0n) is 10.5. The smallest absolute Gasteiger partial charge is 0.251 e. The number of aryl methyl sites for hydroxylation is 2. The molecule has 1 aromatic rings. The number of benzene rings is 1. The average molecular weight is 254 g/mol. The molecule has 0 saturated carbocycles. The van der Waals surface area contributed by atoms with Gasteiger partial charge in [-0.15, -0.1) is 0 Å². The minimum absolute atomic E-state index is 0.200. The van der Waals surface area contributed by atoms with Gasteiger partial charge in [-0.1, -0.05) is 18.2 Å². The number of fused-ring (bicyclic) bond motifs is 1. The van der Waals surface area contributed by atoms with Gasteiger partial charge in [-0.25, -0.2) is 8.78 Å². The van der Waals surface area contributed by atoms with Crippen molar-refractivity contribution >= 4 is 0 Å². The highest BCUT2D eigenvalue weighted by Gasteiger charge is 2.14. The Kier molecular flexibility index (Phi) is 4.66. The van der Waals surface area contributed by atoms with Crippen molar-refractivity contribution in [3.8, 4) is 0 Å². The molecule has 0 radical (unpaired) electrons. The van der Waals surface area contributed by atoms with E-state index < -0.39 is 6.43 Å². The predicted octanol–water partition coefficient (Wildman–Crippen LogP) is 2.20. The lowest BCUT2D eigenvalue weighted by molar-refractivity contribution is 0.0862. The fraction of sp³-hybridized carbons (Fsp3) is 0.571. The van der Waals surface area contributed by atoms with Crippen molar-refractivity contribution in [1.29, 1.82) is 0 Å². The SMILES string of the molecule is NCCN(Cc1ccc2c(c1)CCC2)CC(F)F. The number of hydrogen-bond donors (Lipinski definition) is 1. The summed E-state index contributed by atoms with van der Waals surface area (Å²) in [5.74, 6) is 0. The van der Waals surface area contributed by atoms with Crippen LogP contribution in [-0.4, -0.2) is 31.0 Å². The van der Waals surface area contributed by atoms with Crippen LogP contribution in [0.1, 0.15) is 23.1 Å². The standard InChI is InChI=1S/C14H20F2N2/c15-14(16)10-18(7-6-17)9-11-4-5-12-2-1-3-13(12)8-11/h4-5,8,14H,1-3,6-7,9-10,17H2.